The summed E-state index contributed by atoms with van der Waals surface area (Å²) in [6, 6.07) is 0. The van der Waals surface area contributed by atoms with Gasteiger partial charge in [0.15, 0.2) is 0 Å². The number of aliphatic carboxylic acids is 1. The molecule has 0 aromatic rings. The van der Waals surface area contributed by atoms with Gasteiger partial charge in [0.25, 0.3) is 0 Å². The fourth-order valence-corrected chi connectivity index (χ4v) is 2.99. The summed E-state index contributed by atoms with van der Waals surface area (Å²) < 4.78 is 10.4. The standard InChI is InChI=1S/C19H32O6/c1-2-3-4-9-12-15-19(18(22)23)24-16(20)13-10-7-5-6-8-11-14-17(21)25-19/h2-15H2,1H3,(H,22,23). The van der Waals surface area contributed by atoms with E-state index in [-0.39, 0.29) is 19.3 Å². The lowest BCUT2D eigenvalue weighted by atomic mass is 10.0. The van der Waals surface area contributed by atoms with Crippen LogP contribution < -0.4 is 0 Å². The van der Waals surface area contributed by atoms with Crippen LogP contribution in [0.3, 0.4) is 0 Å². The number of carboxylic acid groups (broad SMARTS) is 1. The summed E-state index contributed by atoms with van der Waals surface area (Å²) >= 11 is 0. The number of unbranched alkanes of at least 4 members (excludes halogenated alkanes) is 4. The van der Waals surface area contributed by atoms with Crippen molar-refractivity contribution in [3.8, 4) is 0 Å². The van der Waals surface area contributed by atoms with E-state index in [4.69, 9.17) is 9.47 Å². The minimum absolute atomic E-state index is 0.00350. The number of carbonyl (C=O) groups excluding carboxylic acids is 2. The van der Waals surface area contributed by atoms with E-state index in [9.17, 15) is 19.5 Å². The lowest BCUT2D eigenvalue weighted by Gasteiger charge is -2.28. The Kier molecular flexibility index (Phi) is 10.2. The Morgan fingerprint density at radius 1 is 0.880 bits per heavy atom. The van der Waals surface area contributed by atoms with Crippen molar-refractivity contribution in [2.45, 2.75) is 103 Å². The van der Waals surface area contributed by atoms with Crippen LogP contribution >= 0.6 is 0 Å². The van der Waals surface area contributed by atoms with E-state index in [1.807, 2.05) is 0 Å². The number of hydrogen-bond donors (Lipinski definition) is 1. The SMILES string of the molecule is CCCCCCCC1(C(=O)O)OC(=O)CCCCCCCCC(=O)O1. The first-order valence-corrected chi connectivity index (χ1v) is 9.67. The number of esters is 2. The zero-order valence-electron chi connectivity index (χ0n) is 15.4. The van der Waals surface area contributed by atoms with E-state index in [0.717, 1.165) is 51.4 Å². The maximum Gasteiger partial charge on any atom is 0.390 e. The predicted molar refractivity (Wildman–Crippen MR) is 92.9 cm³/mol. The largest absolute Gasteiger partial charge is 0.475 e. The molecule has 25 heavy (non-hydrogen) atoms. The van der Waals surface area contributed by atoms with Crippen LogP contribution in [-0.2, 0) is 23.9 Å². The molecule has 6 heteroatoms. The molecule has 1 aliphatic heterocycles. The topological polar surface area (TPSA) is 89.9 Å². The average molecular weight is 356 g/mol. The quantitative estimate of drug-likeness (QED) is 0.539. The molecular weight excluding hydrogens is 324 g/mol. The van der Waals surface area contributed by atoms with Gasteiger partial charge in [-0.1, -0.05) is 58.3 Å². The van der Waals surface area contributed by atoms with Crippen molar-refractivity contribution in [1.82, 2.24) is 0 Å². The first-order chi connectivity index (χ1) is 12.0. The summed E-state index contributed by atoms with van der Waals surface area (Å²) in [4.78, 5) is 36.0. The Hall–Kier alpha value is -1.59. The Morgan fingerprint density at radius 2 is 1.36 bits per heavy atom. The second kappa shape index (κ2) is 11.9. The molecule has 1 heterocycles. The van der Waals surface area contributed by atoms with Gasteiger partial charge in [0.2, 0.25) is 0 Å². The first kappa shape index (κ1) is 21.5. The third-order valence-corrected chi connectivity index (χ3v) is 4.50. The molecule has 144 valence electrons. The summed E-state index contributed by atoms with van der Waals surface area (Å²) in [5.74, 6) is -4.79. The Morgan fingerprint density at radius 3 is 1.84 bits per heavy atom. The Labute approximate surface area is 150 Å². The molecule has 0 aromatic carbocycles. The fourth-order valence-electron chi connectivity index (χ4n) is 2.99. The molecule has 0 bridgehead atoms. The number of ether oxygens (including phenoxy) is 2. The molecule has 0 amide bonds. The van der Waals surface area contributed by atoms with Crippen LogP contribution in [-0.4, -0.2) is 28.8 Å². The second-order valence-electron chi connectivity index (χ2n) is 6.79. The highest BCUT2D eigenvalue weighted by Gasteiger charge is 2.46. The van der Waals surface area contributed by atoms with Gasteiger partial charge < -0.3 is 14.6 Å². The summed E-state index contributed by atoms with van der Waals surface area (Å²) in [7, 11) is 0. The third kappa shape index (κ3) is 8.36. The summed E-state index contributed by atoms with van der Waals surface area (Å²) in [5, 5.41) is 9.63. The van der Waals surface area contributed by atoms with E-state index in [1.54, 1.807) is 0 Å². The van der Waals surface area contributed by atoms with Crippen molar-refractivity contribution in [3.63, 3.8) is 0 Å². The van der Waals surface area contributed by atoms with Crippen molar-refractivity contribution >= 4 is 17.9 Å². The molecule has 1 saturated heterocycles. The second-order valence-corrected chi connectivity index (χ2v) is 6.79. The van der Waals surface area contributed by atoms with Gasteiger partial charge in [-0.2, -0.15) is 0 Å². The van der Waals surface area contributed by atoms with E-state index >= 15 is 0 Å². The highest BCUT2D eigenvalue weighted by molar-refractivity contribution is 5.83. The van der Waals surface area contributed by atoms with Gasteiger partial charge in [-0.3, -0.25) is 9.59 Å². The molecule has 1 N–H and O–H groups in total. The van der Waals surface area contributed by atoms with Crippen LogP contribution in [0.2, 0.25) is 0 Å². The zero-order valence-corrected chi connectivity index (χ0v) is 15.4. The van der Waals surface area contributed by atoms with Crippen LogP contribution in [0.25, 0.3) is 0 Å². The molecule has 0 aliphatic carbocycles. The van der Waals surface area contributed by atoms with Gasteiger partial charge in [-0.15, -0.1) is 0 Å². The minimum atomic E-state index is -2.17. The van der Waals surface area contributed by atoms with Crippen molar-refractivity contribution in [1.29, 1.82) is 0 Å². The van der Waals surface area contributed by atoms with E-state index in [2.05, 4.69) is 6.92 Å². The van der Waals surface area contributed by atoms with Crippen LogP contribution in [0.15, 0.2) is 0 Å². The van der Waals surface area contributed by atoms with E-state index in [0.29, 0.717) is 19.3 Å². The molecule has 0 radical (unpaired) electrons. The smallest absolute Gasteiger partial charge is 0.390 e. The van der Waals surface area contributed by atoms with Gasteiger partial charge in [0.1, 0.15) is 0 Å². The zero-order chi connectivity index (χ0) is 18.5. The van der Waals surface area contributed by atoms with E-state index in [1.165, 1.54) is 0 Å². The molecule has 1 rings (SSSR count). The highest BCUT2D eigenvalue weighted by atomic mass is 16.7. The number of cyclic esters (lactones) is 2. The predicted octanol–water partition coefficient (Wildman–Crippen LogP) is 4.35. The molecule has 0 atom stereocenters. The van der Waals surface area contributed by atoms with Crippen molar-refractivity contribution in [2.75, 3.05) is 0 Å². The van der Waals surface area contributed by atoms with Gasteiger partial charge >= 0.3 is 23.7 Å². The lowest BCUT2D eigenvalue weighted by Crippen LogP contribution is -2.47. The monoisotopic (exact) mass is 356 g/mol. The van der Waals surface area contributed by atoms with Gasteiger partial charge in [-0.25, -0.2) is 4.79 Å². The molecule has 1 fully saturated rings. The van der Waals surface area contributed by atoms with Crippen molar-refractivity contribution < 1.29 is 29.0 Å². The maximum absolute atomic E-state index is 12.1. The molecule has 0 spiro atoms. The summed E-state index contributed by atoms with van der Waals surface area (Å²) in [6.07, 6.45) is 9.94. The molecular formula is C19H32O6. The molecule has 0 aromatic heterocycles. The van der Waals surface area contributed by atoms with Gasteiger partial charge in [-0.05, 0) is 19.3 Å². The van der Waals surface area contributed by atoms with Crippen LogP contribution in [0, 0.1) is 0 Å². The summed E-state index contributed by atoms with van der Waals surface area (Å²) in [5.41, 5.74) is 0. The average Bonchev–Trinajstić information content (AvgIpc) is 2.57. The van der Waals surface area contributed by atoms with Crippen molar-refractivity contribution in [3.05, 3.63) is 0 Å². The molecule has 6 nitrogen and oxygen atoms in total. The number of hydrogen-bond acceptors (Lipinski definition) is 5. The minimum Gasteiger partial charge on any atom is -0.475 e. The normalized spacial score (nSPS) is 19.7. The Balaban J connectivity index is 2.80. The van der Waals surface area contributed by atoms with E-state index < -0.39 is 23.7 Å². The van der Waals surface area contributed by atoms with Crippen molar-refractivity contribution in [2.24, 2.45) is 0 Å². The van der Waals surface area contributed by atoms with Crippen LogP contribution in [0.4, 0.5) is 0 Å². The summed E-state index contributed by atoms with van der Waals surface area (Å²) in [6.45, 7) is 2.09. The lowest BCUT2D eigenvalue weighted by molar-refractivity contribution is -0.239. The number of rotatable bonds is 7. The molecule has 0 saturated carbocycles. The van der Waals surface area contributed by atoms with Gasteiger partial charge in [0.05, 0.1) is 0 Å². The van der Waals surface area contributed by atoms with Crippen LogP contribution in [0.5, 0.6) is 0 Å². The fraction of sp³-hybridized carbons (Fsp3) is 0.842. The third-order valence-electron chi connectivity index (χ3n) is 4.50. The molecule has 0 unspecified atom stereocenters. The molecule has 1 aliphatic rings. The number of carbonyl (C=O) groups is 3. The maximum atomic E-state index is 12.1. The number of carboxylic acids is 1. The van der Waals surface area contributed by atoms with Gasteiger partial charge in [0, 0.05) is 19.3 Å². The Bertz CT molecular complexity index is 408. The first-order valence-electron chi connectivity index (χ1n) is 9.67. The van der Waals surface area contributed by atoms with Crippen LogP contribution in [0.1, 0.15) is 96.8 Å². The highest BCUT2D eigenvalue weighted by Crippen LogP contribution is 2.26.